The van der Waals surface area contributed by atoms with E-state index < -0.39 is 0 Å². The average molecular weight is 189 g/mol. The van der Waals surface area contributed by atoms with E-state index in [-0.39, 0.29) is 0 Å². The van der Waals surface area contributed by atoms with E-state index in [4.69, 9.17) is 0 Å². The summed E-state index contributed by atoms with van der Waals surface area (Å²) in [5, 5.41) is 3.59. The Kier molecular flexibility index (Phi) is 2.60. The third-order valence-electron chi connectivity index (χ3n) is 3.37. The standard InChI is InChI=1S/C13H19N/c1-9-7-13(14-8-9)12-6-4-5-10(2)11(12)3/h4-6,9,13-14H,7-8H2,1-3H3/t9-,13-/m0/s1. The molecule has 0 aliphatic carbocycles. The van der Waals surface area contributed by atoms with E-state index in [1.54, 1.807) is 0 Å². The van der Waals surface area contributed by atoms with Crippen molar-refractivity contribution in [2.75, 3.05) is 6.54 Å². The Morgan fingerprint density at radius 3 is 2.71 bits per heavy atom. The van der Waals surface area contributed by atoms with Gasteiger partial charge in [0.15, 0.2) is 0 Å². The van der Waals surface area contributed by atoms with E-state index in [1.807, 2.05) is 0 Å². The molecule has 14 heavy (non-hydrogen) atoms. The molecule has 1 heteroatoms. The highest BCUT2D eigenvalue weighted by Crippen LogP contribution is 2.29. The van der Waals surface area contributed by atoms with Crippen LogP contribution in [-0.2, 0) is 0 Å². The third kappa shape index (κ3) is 1.69. The number of benzene rings is 1. The largest absolute Gasteiger partial charge is 0.310 e. The molecule has 1 aliphatic heterocycles. The molecule has 1 aromatic carbocycles. The first kappa shape index (κ1) is 9.72. The Balaban J connectivity index is 2.28. The zero-order valence-corrected chi connectivity index (χ0v) is 9.30. The van der Waals surface area contributed by atoms with Crippen LogP contribution >= 0.6 is 0 Å². The molecule has 1 aliphatic rings. The predicted molar refractivity (Wildman–Crippen MR) is 60.4 cm³/mol. The van der Waals surface area contributed by atoms with Crippen molar-refractivity contribution in [3.05, 3.63) is 34.9 Å². The Labute approximate surface area is 86.5 Å². The minimum atomic E-state index is 0.588. The van der Waals surface area contributed by atoms with Crippen LogP contribution in [0.2, 0.25) is 0 Å². The summed E-state index contributed by atoms with van der Waals surface area (Å²) in [4.78, 5) is 0. The molecule has 2 rings (SSSR count). The maximum absolute atomic E-state index is 3.59. The fourth-order valence-electron chi connectivity index (χ4n) is 2.30. The van der Waals surface area contributed by atoms with Gasteiger partial charge in [-0.25, -0.2) is 0 Å². The molecule has 0 aromatic heterocycles. The summed E-state index contributed by atoms with van der Waals surface area (Å²) in [5.41, 5.74) is 4.36. The van der Waals surface area contributed by atoms with Gasteiger partial charge in [-0.1, -0.05) is 25.1 Å². The van der Waals surface area contributed by atoms with Gasteiger partial charge in [-0.15, -0.1) is 0 Å². The van der Waals surface area contributed by atoms with Crippen molar-refractivity contribution in [2.24, 2.45) is 5.92 Å². The summed E-state index contributed by atoms with van der Waals surface area (Å²) in [6, 6.07) is 7.21. The lowest BCUT2D eigenvalue weighted by molar-refractivity contribution is 0.609. The summed E-state index contributed by atoms with van der Waals surface area (Å²) in [6.07, 6.45) is 1.28. The van der Waals surface area contributed by atoms with E-state index in [1.165, 1.54) is 23.1 Å². The quantitative estimate of drug-likeness (QED) is 0.716. The molecule has 1 fully saturated rings. The summed E-state index contributed by atoms with van der Waals surface area (Å²) >= 11 is 0. The van der Waals surface area contributed by atoms with Crippen LogP contribution in [0.4, 0.5) is 0 Å². The number of aryl methyl sites for hydroxylation is 1. The second-order valence-corrected chi connectivity index (χ2v) is 4.59. The van der Waals surface area contributed by atoms with E-state index in [2.05, 4.69) is 44.3 Å². The molecule has 76 valence electrons. The molecule has 1 N–H and O–H groups in total. The molecule has 0 bridgehead atoms. The van der Waals surface area contributed by atoms with Crippen LogP contribution in [0.25, 0.3) is 0 Å². The first-order valence-corrected chi connectivity index (χ1v) is 5.48. The summed E-state index contributed by atoms with van der Waals surface area (Å²) in [6.45, 7) is 7.91. The molecule has 1 nitrogen and oxygen atoms in total. The van der Waals surface area contributed by atoms with Crippen molar-refractivity contribution in [3.8, 4) is 0 Å². The zero-order valence-electron chi connectivity index (χ0n) is 9.30. The fourth-order valence-corrected chi connectivity index (χ4v) is 2.30. The van der Waals surface area contributed by atoms with E-state index >= 15 is 0 Å². The minimum Gasteiger partial charge on any atom is -0.310 e. The molecule has 0 radical (unpaired) electrons. The van der Waals surface area contributed by atoms with Gasteiger partial charge in [0.25, 0.3) is 0 Å². The molecule has 1 saturated heterocycles. The van der Waals surface area contributed by atoms with Crippen LogP contribution in [0.5, 0.6) is 0 Å². The van der Waals surface area contributed by atoms with Gasteiger partial charge >= 0.3 is 0 Å². The Morgan fingerprint density at radius 1 is 1.29 bits per heavy atom. The highest BCUT2D eigenvalue weighted by molar-refractivity contribution is 5.35. The van der Waals surface area contributed by atoms with Gasteiger partial charge in [0, 0.05) is 6.04 Å². The lowest BCUT2D eigenvalue weighted by Gasteiger charge is -2.15. The number of rotatable bonds is 1. The molecule has 2 atom stereocenters. The number of hydrogen-bond donors (Lipinski definition) is 1. The van der Waals surface area contributed by atoms with Crippen LogP contribution in [0.15, 0.2) is 18.2 Å². The smallest absolute Gasteiger partial charge is 0.0326 e. The molecule has 0 saturated carbocycles. The van der Waals surface area contributed by atoms with Gasteiger partial charge in [0.2, 0.25) is 0 Å². The highest BCUT2D eigenvalue weighted by atomic mass is 14.9. The van der Waals surface area contributed by atoms with Crippen LogP contribution in [0.3, 0.4) is 0 Å². The van der Waals surface area contributed by atoms with Crippen LogP contribution in [-0.4, -0.2) is 6.54 Å². The van der Waals surface area contributed by atoms with Crippen molar-refractivity contribution < 1.29 is 0 Å². The lowest BCUT2D eigenvalue weighted by atomic mass is 9.95. The lowest BCUT2D eigenvalue weighted by Crippen LogP contribution is -2.14. The van der Waals surface area contributed by atoms with Gasteiger partial charge < -0.3 is 5.32 Å². The predicted octanol–water partition coefficient (Wildman–Crippen LogP) is 2.97. The number of nitrogens with one attached hydrogen (secondary N) is 1. The molecule has 0 unspecified atom stereocenters. The molecule has 0 spiro atoms. The number of hydrogen-bond acceptors (Lipinski definition) is 1. The van der Waals surface area contributed by atoms with Crippen molar-refractivity contribution >= 4 is 0 Å². The molecular formula is C13H19N. The topological polar surface area (TPSA) is 12.0 Å². The maximum Gasteiger partial charge on any atom is 0.0326 e. The molecule has 0 amide bonds. The normalized spacial score (nSPS) is 26.8. The third-order valence-corrected chi connectivity index (χ3v) is 3.37. The zero-order chi connectivity index (χ0) is 10.1. The SMILES string of the molecule is Cc1cccc([C@@H]2C[C@H](C)CN2)c1C. The monoisotopic (exact) mass is 189 g/mol. The second kappa shape index (κ2) is 3.74. The van der Waals surface area contributed by atoms with Crippen molar-refractivity contribution in [1.82, 2.24) is 5.32 Å². The van der Waals surface area contributed by atoms with Crippen molar-refractivity contribution in [2.45, 2.75) is 33.2 Å². The summed E-state index contributed by atoms with van der Waals surface area (Å²) in [5.74, 6) is 0.819. The maximum atomic E-state index is 3.59. The van der Waals surface area contributed by atoms with E-state index in [0.717, 1.165) is 12.5 Å². The Morgan fingerprint density at radius 2 is 2.07 bits per heavy atom. The summed E-state index contributed by atoms with van der Waals surface area (Å²) < 4.78 is 0. The second-order valence-electron chi connectivity index (χ2n) is 4.59. The Bertz CT molecular complexity index is 330. The van der Waals surface area contributed by atoms with E-state index in [9.17, 15) is 0 Å². The molecular weight excluding hydrogens is 170 g/mol. The van der Waals surface area contributed by atoms with Gasteiger partial charge in [-0.2, -0.15) is 0 Å². The van der Waals surface area contributed by atoms with Gasteiger partial charge in [-0.3, -0.25) is 0 Å². The Hall–Kier alpha value is -0.820. The molecule has 1 heterocycles. The van der Waals surface area contributed by atoms with Gasteiger partial charge in [-0.05, 0) is 49.4 Å². The highest BCUT2D eigenvalue weighted by Gasteiger charge is 2.23. The van der Waals surface area contributed by atoms with Crippen LogP contribution < -0.4 is 5.32 Å². The first-order chi connectivity index (χ1) is 6.68. The van der Waals surface area contributed by atoms with Crippen molar-refractivity contribution in [3.63, 3.8) is 0 Å². The van der Waals surface area contributed by atoms with Gasteiger partial charge in [0.05, 0.1) is 0 Å². The van der Waals surface area contributed by atoms with Gasteiger partial charge in [0.1, 0.15) is 0 Å². The van der Waals surface area contributed by atoms with Crippen molar-refractivity contribution in [1.29, 1.82) is 0 Å². The van der Waals surface area contributed by atoms with E-state index in [0.29, 0.717) is 6.04 Å². The first-order valence-electron chi connectivity index (χ1n) is 5.48. The van der Waals surface area contributed by atoms with Crippen LogP contribution in [0, 0.1) is 19.8 Å². The average Bonchev–Trinajstić information content (AvgIpc) is 2.57. The minimum absolute atomic E-state index is 0.588. The molecule has 1 aromatic rings. The summed E-state index contributed by atoms with van der Waals surface area (Å²) in [7, 11) is 0. The fraction of sp³-hybridized carbons (Fsp3) is 0.538. The van der Waals surface area contributed by atoms with Crippen LogP contribution in [0.1, 0.15) is 36.1 Å².